The fourth-order valence-electron chi connectivity index (χ4n) is 1.73. The van der Waals surface area contributed by atoms with Gasteiger partial charge in [-0.1, -0.05) is 24.3 Å². The summed E-state index contributed by atoms with van der Waals surface area (Å²) in [4.78, 5) is 0. The SMILES string of the molecule is COC(C)(C)CCOCc1ccc(CNC(C)(C)C)cc1. The molecule has 0 atom stereocenters. The smallest absolute Gasteiger partial charge is 0.0716 e. The Bertz CT molecular complexity index is 404. The second-order valence-electron chi connectivity index (χ2n) is 7.19. The molecule has 0 aliphatic rings. The van der Waals surface area contributed by atoms with Crippen molar-refractivity contribution >= 4 is 0 Å². The third-order valence-electron chi connectivity index (χ3n) is 3.52. The van der Waals surface area contributed by atoms with Gasteiger partial charge in [-0.3, -0.25) is 0 Å². The lowest BCUT2D eigenvalue weighted by atomic mass is 10.1. The molecular weight excluding hydrogens is 262 g/mol. The molecule has 0 aliphatic carbocycles. The number of ether oxygens (including phenoxy) is 2. The van der Waals surface area contributed by atoms with Crippen molar-refractivity contribution in [3.05, 3.63) is 35.4 Å². The van der Waals surface area contributed by atoms with Crippen molar-refractivity contribution in [2.24, 2.45) is 0 Å². The normalized spacial score (nSPS) is 12.7. The van der Waals surface area contributed by atoms with E-state index in [4.69, 9.17) is 9.47 Å². The summed E-state index contributed by atoms with van der Waals surface area (Å²) in [5.41, 5.74) is 2.55. The predicted molar refractivity (Wildman–Crippen MR) is 88.4 cm³/mol. The first-order valence-electron chi connectivity index (χ1n) is 7.68. The topological polar surface area (TPSA) is 30.5 Å². The summed E-state index contributed by atoms with van der Waals surface area (Å²) in [6, 6.07) is 8.61. The molecule has 0 aliphatic heterocycles. The van der Waals surface area contributed by atoms with Crippen LogP contribution >= 0.6 is 0 Å². The quantitative estimate of drug-likeness (QED) is 0.737. The highest BCUT2D eigenvalue weighted by molar-refractivity contribution is 5.22. The molecule has 0 fully saturated rings. The van der Waals surface area contributed by atoms with Crippen LogP contribution in [-0.4, -0.2) is 24.9 Å². The highest BCUT2D eigenvalue weighted by Crippen LogP contribution is 2.13. The molecule has 1 aromatic rings. The summed E-state index contributed by atoms with van der Waals surface area (Å²) in [5, 5.41) is 3.49. The predicted octanol–water partition coefficient (Wildman–Crippen LogP) is 3.91. The fraction of sp³-hybridized carbons (Fsp3) is 0.667. The summed E-state index contributed by atoms with van der Waals surface area (Å²) < 4.78 is 11.1. The largest absolute Gasteiger partial charge is 0.379 e. The van der Waals surface area contributed by atoms with Crippen LogP contribution in [0.3, 0.4) is 0 Å². The van der Waals surface area contributed by atoms with E-state index in [9.17, 15) is 0 Å². The Hall–Kier alpha value is -0.900. The first kappa shape index (κ1) is 18.1. The molecule has 3 heteroatoms. The van der Waals surface area contributed by atoms with Crippen LogP contribution in [-0.2, 0) is 22.6 Å². The van der Waals surface area contributed by atoms with Gasteiger partial charge < -0.3 is 14.8 Å². The lowest BCUT2D eigenvalue weighted by molar-refractivity contribution is -0.0124. The van der Waals surface area contributed by atoms with E-state index in [1.165, 1.54) is 11.1 Å². The van der Waals surface area contributed by atoms with Crippen molar-refractivity contribution in [2.75, 3.05) is 13.7 Å². The average Bonchev–Trinajstić information content (AvgIpc) is 2.42. The van der Waals surface area contributed by atoms with Crippen molar-refractivity contribution in [3.63, 3.8) is 0 Å². The van der Waals surface area contributed by atoms with Crippen LogP contribution in [0.1, 0.15) is 52.2 Å². The molecule has 0 bridgehead atoms. The molecule has 0 spiro atoms. The van der Waals surface area contributed by atoms with Gasteiger partial charge in [0.2, 0.25) is 0 Å². The molecule has 120 valence electrons. The Balaban J connectivity index is 2.31. The van der Waals surface area contributed by atoms with Gasteiger partial charge in [-0.2, -0.15) is 0 Å². The van der Waals surface area contributed by atoms with E-state index in [0.29, 0.717) is 13.2 Å². The number of nitrogens with one attached hydrogen (secondary N) is 1. The van der Waals surface area contributed by atoms with Gasteiger partial charge in [0.05, 0.1) is 12.2 Å². The highest BCUT2D eigenvalue weighted by atomic mass is 16.5. The van der Waals surface area contributed by atoms with Crippen LogP contribution in [0.2, 0.25) is 0 Å². The van der Waals surface area contributed by atoms with Gasteiger partial charge in [0.1, 0.15) is 0 Å². The van der Waals surface area contributed by atoms with Crippen LogP contribution in [0.25, 0.3) is 0 Å². The van der Waals surface area contributed by atoms with Crippen molar-refractivity contribution in [1.29, 1.82) is 0 Å². The zero-order chi connectivity index (χ0) is 15.9. The lowest BCUT2D eigenvalue weighted by Crippen LogP contribution is -2.35. The zero-order valence-corrected chi connectivity index (χ0v) is 14.5. The molecular formula is C18H31NO2. The van der Waals surface area contributed by atoms with Crippen LogP contribution in [0.4, 0.5) is 0 Å². The Morgan fingerprint density at radius 1 is 0.952 bits per heavy atom. The van der Waals surface area contributed by atoms with Crippen molar-refractivity contribution in [1.82, 2.24) is 5.32 Å². The second kappa shape index (κ2) is 7.92. The van der Waals surface area contributed by atoms with E-state index in [2.05, 4.69) is 64.2 Å². The average molecular weight is 293 g/mol. The summed E-state index contributed by atoms with van der Waals surface area (Å²) in [7, 11) is 1.74. The molecule has 0 saturated heterocycles. The molecule has 3 nitrogen and oxygen atoms in total. The van der Waals surface area contributed by atoms with Crippen LogP contribution in [0, 0.1) is 0 Å². The molecule has 0 radical (unpaired) electrons. The molecule has 0 saturated carbocycles. The number of benzene rings is 1. The molecule has 1 N–H and O–H groups in total. The van der Waals surface area contributed by atoms with Crippen LogP contribution in [0.15, 0.2) is 24.3 Å². The second-order valence-corrected chi connectivity index (χ2v) is 7.19. The molecule has 0 aromatic heterocycles. The Morgan fingerprint density at radius 3 is 2.05 bits per heavy atom. The fourth-order valence-corrected chi connectivity index (χ4v) is 1.73. The monoisotopic (exact) mass is 293 g/mol. The van der Waals surface area contributed by atoms with Gasteiger partial charge >= 0.3 is 0 Å². The van der Waals surface area contributed by atoms with Crippen molar-refractivity contribution in [2.45, 2.75) is 65.3 Å². The third kappa shape index (κ3) is 8.20. The maximum atomic E-state index is 5.72. The minimum Gasteiger partial charge on any atom is -0.379 e. The van der Waals surface area contributed by atoms with E-state index >= 15 is 0 Å². The number of hydrogen-bond donors (Lipinski definition) is 1. The van der Waals surface area contributed by atoms with Crippen LogP contribution in [0.5, 0.6) is 0 Å². The van der Waals surface area contributed by atoms with Crippen molar-refractivity contribution < 1.29 is 9.47 Å². The highest BCUT2D eigenvalue weighted by Gasteiger charge is 2.15. The van der Waals surface area contributed by atoms with E-state index in [1.807, 2.05) is 0 Å². The first-order chi connectivity index (χ1) is 9.72. The van der Waals surface area contributed by atoms with Gasteiger partial charge in [-0.15, -0.1) is 0 Å². The van der Waals surface area contributed by atoms with E-state index < -0.39 is 0 Å². The number of hydrogen-bond acceptors (Lipinski definition) is 3. The van der Waals surface area contributed by atoms with Gasteiger partial charge in [0.25, 0.3) is 0 Å². The summed E-state index contributed by atoms with van der Waals surface area (Å²) in [6.07, 6.45) is 0.900. The van der Waals surface area contributed by atoms with E-state index in [0.717, 1.165) is 13.0 Å². The Labute approximate surface area is 130 Å². The Kier molecular flexibility index (Phi) is 6.85. The number of rotatable bonds is 8. The molecule has 0 heterocycles. The van der Waals surface area contributed by atoms with Gasteiger partial charge in [0.15, 0.2) is 0 Å². The zero-order valence-electron chi connectivity index (χ0n) is 14.5. The lowest BCUT2D eigenvalue weighted by Gasteiger charge is -2.22. The maximum absolute atomic E-state index is 5.72. The summed E-state index contributed by atoms with van der Waals surface area (Å²) in [6.45, 7) is 13.0. The minimum absolute atomic E-state index is 0.109. The summed E-state index contributed by atoms with van der Waals surface area (Å²) in [5.74, 6) is 0. The number of methoxy groups -OCH3 is 1. The maximum Gasteiger partial charge on any atom is 0.0716 e. The van der Waals surface area contributed by atoms with Gasteiger partial charge in [-0.25, -0.2) is 0 Å². The third-order valence-corrected chi connectivity index (χ3v) is 3.52. The molecule has 1 rings (SSSR count). The Morgan fingerprint density at radius 2 is 1.52 bits per heavy atom. The van der Waals surface area contributed by atoms with Gasteiger partial charge in [-0.05, 0) is 52.2 Å². The molecule has 0 unspecified atom stereocenters. The molecule has 0 amide bonds. The molecule has 1 aromatic carbocycles. The van der Waals surface area contributed by atoms with Crippen LogP contribution < -0.4 is 5.32 Å². The first-order valence-corrected chi connectivity index (χ1v) is 7.68. The standard InChI is InChI=1S/C18H31NO2/c1-17(2,3)19-13-15-7-9-16(10-8-15)14-21-12-11-18(4,5)20-6/h7-10,19H,11-14H2,1-6H3. The van der Waals surface area contributed by atoms with E-state index in [-0.39, 0.29) is 11.1 Å². The van der Waals surface area contributed by atoms with Gasteiger partial charge in [0, 0.05) is 25.8 Å². The van der Waals surface area contributed by atoms with E-state index in [1.54, 1.807) is 7.11 Å². The molecule has 21 heavy (non-hydrogen) atoms. The summed E-state index contributed by atoms with van der Waals surface area (Å²) >= 11 is 0. The minimum atomic E-state index is -0.109. The van der Waals surface area contributed by atoms with Crippen molar-refractivity contribution in [3.8, 4) is 0 Å².